The quantitative estimate of drug-likeness (QED) is 0.871. The van der Waals surface area contributed by atoms with E-state index in [9.17, 15) is 4.79 Å². The molecule has 0 saturated heterocycles. The number of fused-ring (bicyclic) bond motifs is 1. The van der Waals surface area contributed by atoms with Crippen LogP contribution in [0.15, 0.2) is 42.5 Å². The van der Waals surface area contributed by atoms with Gasteiger partial charge in [0.05, 0.1) is 0 Å². The monoisotopic (exact) mass is 312 g/mol. The molecule has 1 aliphatic heterocycles. The van der Waals surface area contributed by atoms with Gasteiger partial charge in [0, 0.05) is 6.42 Å². The molecule has 0 aromatic heterocycles. The van der Waals surface area contributed by atoms with E-state index >= 15 is 0 Å². The second kappa shape index (κ2) is 6.73. The summed E-state index contributed by atoms with van der Waals surface area (Å²) in [7, 11) is 0. The van der Waals surface area contributed by atoms with Crippen molar-refractivity contribution in [2.75, 3.05) is 6.79 Å². The van der Waals surface area contributed by atoms with Gasteiger partial charge in [-0.25, -0.2) is 0 Å². The van der Waals surface area contributed by atoms with Crippen molar-refractivity contribution in [3.05, 3.63) is 48.0 Å². The Bertz CT molecular complexity index is 708. The van der Waals surface area contributed by atoms with Crippen molar-refractivity contribution in [1.29, 1.82) is 0 Å². The Morgan fingerprint density at radius 3 is 2.74 bits per heavy atom. The lowest BCUT2D eigenvalue weighted by atomic mass is 9.96. The van der Waals surface area contributed by atoms with E-state index in [1.165, 1.54) is 5.56 Å². The lowest BCUT2D eigenvalue weighted by molar-refractivity contribution is -0.138. The molecule has 1 N–H and O–H groups in total. The van der Waals surface area contributed by atoms with Gasteiger partial charge in [0.1, 0.15) is 0 Å². The Labute approximate surface area is 135 Å². The zero-order chi connectivity index (χ0) is 16.2. The Morgan fingerprint density at radius 1 is 1.13 bits per heavy atom. The van der Waals surface area contributed by atoms with Gasteiger partial charge in [0.15, 0.2) is 11.5 Å². The molecule has 0 aliphatic carbocycles. The summed E-state index contributed by atoms with van der Waals surface area (Å²) in [5.74, 6) is 1.02. The summed E-state index contributed by atoms with van der Waals surface area (Å²) in [5, 5.41) is 8.83. The van der Waals surface area contributed by atoms with Crippen LogP contribution >= 0.6 is 0 Å². The van der Waals surface area contributed by atoms with Crippen molar-refractivity contribution in [1.82, 2.24) is 0 Å². The van der Waals surface area contributed by atoms with Crippen molar-refractivity contribution in [2.24, 2.45) is 5.92 Å². The van der Waals surface area contributed by atoms with E-state index in [0.29, 0.717) is 0 Å². The molecule has 2 aromatic carbocycles. The second-order valence-electron chi connectivity index (χ2n) is 6.01. The van der Waals surface area contributed by atoms with Crippen LogP contribution in [0.3, 0.4) is 0 Å². The highest BCUT2D eigenvalue weighted by Gasteiger charge is 2.14. The Kier molecular flexibility index (Phi) is 4.51. The molecule has 3 rings (SSSR count). The van der Waals surface area contributed by atoms with Crippen molar-refractivity contribution < 1.29 is 19.4 Å². The topological polar surface area (TPSA) is 55.8 Å². The molecule has 0 bridgehead atoms. The highest BCUT2D eigenvalue weighted by molar-refractivity contribution is 5.68. The van der Waals surface area contributed by atoms with E-state index in [1.54, 1.807) is 0 Å². The standard InChI is InChI=1S/C19H20O4/c1-13(9-19(20)21)5-6-14-3-2-4-15(10-14)16-7-8-17-18(11-16)23-12-22-17/h2-4,7-8,10-11,13H,5-6,9,12H2,1H3,(H,20,21). The van der Waals surface area contributed by atoms with Gasteiger partial charge < -0.3 is 14.6 Å². The Balaban J connectivity index is 1.71. The average Bonchev–Trinajstić information content (AvgIpc) is 3.00. The zero-order valence-electron chi connectivity index (χ0n) is 13.1. The number of hydrogen-bond acceptors (Lipinski definition) is 3. The summed E-state index contributed by atoms with van der Waals surface area (Å²) in [6.45, 7) is 2.26. The molecule has 0 radical (unpaired) electrons. The molecule has 0 amide bonds. The molecule has 0 spiro atoms. The van der Waals surface area contributed by atoms with Crippen LogP contribution in [0.2, 0.25) is 0 Å². The van der Waals surface area contributed by atoms with Gasteiger partial charge in [0.25, 0.3) is 0 Å². The third kappa shape index (κ3) is 3.83. The third-order valence-electron chi connectivity index (χ3n) is 4.08. The van der Waals surface area contributed by atoms with E-state index < -0.39 is 5.97 Å². The molecule has 1 unspecified atom stereocenters. The van der Waals surface area contributed by atoms with Gasteiger partial charge in [-0.05, 0) is 47.6 Å². The number of benzene rings is 2. The van der Waals surface area contributed by atoms with Gasteiger partial charge in [-0.1, -0.05) is 37.3 Å². The molecule has 1 heterocycles. The van der Waals surface area contributed by atoms with E-state index in [2.05, 4.69) is 18.2 Å². The van der Waals surface area contributed by atoms with Crippen molar-refractivity contribution in [3.8, 4) is 22.6 Å². The molecule has 0 saturated carbocycles. The van der Waals surface area contributed by atoms with Crippen LogP contribution in [0.4, 0.5) is 0 Å². The predicted octanol–water partition coefficient (Wildman–Crippen LogP) is 4.13. The van der Waals surface area contributed by atoms with E-state index in [4.69, 9.17) is 14.6 Å². The molecule has 0 fully saturated rings. The maximum atomic E-state index is 10.7. The van der Waals surface area contributed by atoms with Gasteiger partial charge in [-0.15, -0.1) is 0 Å². The van der Waals surface area contributed by atoms with Crippen molar-refractivity contribution in [2.45, 2.75) is 26.2 Å². The van der Waals surface area contributed by atoms with Crippen LogP contribution in [-0.4, -0.2) is 17.9 Å². The van der Waals surface area contributed by atoms with Gasteiger partial charge in [-0.3, -0.25) is 4.79 Å². The van der Waals surface area contributed by atoms with Crippen molar-refractivity contribution in [3.63, 3.8) is 0 Å². The van der Waals surface area contributed by atoms with Gasteiger partial charge in [0.2, 0.25) is 6.79 Å². The van der Waals surface area contributed by atoms with E-state index in [-0.39, 0.29) is 19.1 Å². The van der Waals surface area contributed by atoms with Crippen molar-refractivity contribution >= 4 is 5.97 Å². The minimum atomic E-state index is -0.730. The number of carbonyl (C=O) groups is 1. The molecular formula is C19H20O4. The number of aliphatic carboxylic acids is 1. The summed E-state index contributed by atoms with van der Waals surface area (Å²) >= 11 is 0. The first kappa shape index (κ1) is 15.4. The average molecular weight is 312 g/mol. The van der Waals surface area contributed by atoms with Gasteiger partial charge in [-0.2, -0.15) is 0 Å². The number of carboxylic acids is 1. The summed E-state index contributed by atoms with van der Waals surface area (Å²) < 4.78 is 10.8. The highest BCUT2D eigenvalue weighted by atomic mass is 16.7. The normalized spacial score (nSPS) is 13.8. The van der Waals surface area contributed by atoms with Crippen LogP contribution in [0.25, 0.3) is 11.1 Å². The highest BCUT2D eigenvalue weighted by Crippen LogP contribution is 2.36. The fraction of sp³-hybridized carbons (Fsp3) is 0.316. The smallest absolute Gasteiger partial charge is 0.303 e. The van der Waals surface area contributed by atoms with Crippen LogP contribution in [0.1, 0.15) is 25.3 Å². The molecular weight excluding hydrogens is 292 g/mol. The number of ether oxygens (including phenoxy) is 2. The zero-order valence-corrected chi connectivity index (χ0v) is 13.1. The molecule has 23 heavy (non-hydrogen) atoms. The minimum absolute atomic E-state index is 0.182. The van der Waals surface area contributed by atoms with E-state index in [1.807, 2.05) is 31.2 Å². The molecule has 120 valence electrons. The van der Waals surface area contributed by atoms with Crippen LogP contribution in [0.5, 0.6) is 11.5 Å². The van der Waals surface area contributed by atoms with Crippen LogP contribution in [0, 0.1) is 5.92 Å². The molecule has 4 nitrogen and oxygen atoms in total. The summed E-state index contributed by atoms with van der Waals surface area (Å²) in [4.78, 5) is 10.7. The number of hydrogen-bond donors (Lipinski definition) is 1. The summed E-state index contributed by atoms with van der Waals surface area (Å²) in [6, 6.07) is 14.3. The third-order valence-corrected chi connectivity index (χ3v) is 4.08. The van der Waals surface area contributed by atoms with Crippen LogP contribution in [-0.2, 0) is 11.2 Å². The number of carboxylic acid groups (broad SMARTS) is 1. The summed E-state index contributed by atoms with van der Waals surface area (Å²) in [6.07, 6.45) is 1.98. The second-order valence-corrected chi connectivity index (χ2v) is 6.01. The molecule has 1 aliphatic rings. The molecule has 2 aromatic rings. The van der Waals surface area contributed by atoms with E-state index in [0.717, 1.165) is 35.5 Å². The number of rotatable bonds is 6. The first-order valence-corrected chi connectivity index (χ1v) is 7.82. The maximum absolute atomic E-state index is 10.7. The predicted molar refractivity (Wildman–Crippen MR) is 87.7 cm³/mol. The SMILES string of the molecule is CC(CCc1cccc(-c2ccc3c(c2)OCO3)c1)CC(=O)O. The Morgan fingerprint density at radius 2 is 1.91 bits per heavy atom. The van der Waals surface area contributed by atoms with Gasteiger partial charge >= 0.3 is 5.97 Å². The lowest BCUT2D eigenvalue weighted by Crippen LogP contribution is -2.05. The lowest BCUT2D eigenvalue weighted by Gasteiger charge is -2.10. The van der Waals surface area contributed by atoms with Crippen LogP contribution < -0.4 is 9.47 Å². The first-order chi connectivity index (χ1) is 11.1. The minimum Gasteiger partial charge on any atom is -0.481 e. The number of aryl methyl sites for hydroxylation is 1. The summed E-state index contributed by atoms with van der Waals surface area (Å²) in [5.41, 5.74) is 3.44. The fourth-order valence-corrected chi connectivity index (χ4v) is 2.80. The largest absolute Gasteiger partial charge is 0.481 e. The molecule has 4 heteroatoms. The maximum Gasteiger partial charge on any atom is 0.303 e. The molecule has 1 atom stereocenters. The fourth-order valence-electron chi connectivity index (χ4n) is 2.80. The Hall–Kier alpha value is -2.49. The first-order valence-electron chi connectivity index (χ1n) is 7.82.